The average Bonchev–Trinajstić information content (AvgIpc) is 3.21. The molecule has 24 heavy (non-hydrogen) atoms. The molecular formula is C17H18N4O3. The summed E-state index contributed by atoms with van der Waals surface area (Å²) in [5, 5.41) is 6.72. The number of methoxy groups -OCH3 is 1. The highest BCUT2D eigenvalue weighted by Crippen LogP contribution is 2.24. The molecular weight excluding hydrogens is 308 g/mol. The molecule has 3 rings (SSSR count). The largest absolute Gasteiger partial charge is 0.497 e. The molecule has 1 unspecified atom stereocenters. The highest BCUT2D eigenvalue weighted by molar-refractivity contribution is 5.92. The van der Waals surface area contributed by atoms with Crippen molar-refractivity contribution in [1.82, 2.24) is 20.0 Å². The molecule has 1 amide bonds. The van der Waals surface area contributed by atoms with Crippen LogP contribution in [0.2, 0.25) is 0 Å². The number of carbonyl (C=O) groups excluding carboxylic acids is 1. The standard InChI is InChI=1S/C17H18N4O3/c1-11-9-14(20-24-11)17(22)19-15(16-18-7-8-21(16)2)12-5-4-6-13(10-12)23-3/h4-10,15H,1-3H3,(H,19,22). The number of nitrogens with one attached hydrogen (secondary N) is 1. The Morgan fingerprint density at radius 3 is 2.83 bits per heavy atom. The number of aryl methyl sites for hydroxylation is 2. The molecule has 124 valence electrons. The van der Waals surface area contributed by atoms with Crippen LogP contribution in [0.5, 0.6) is 5.75 Å². The molecule has 2 aromatic heterocycles. The van der Waals surface area contributed by atoms with Crippen molar-refractivity contribution < 1.29 is 14.1 Å². The molecule has 0 saturated carbocycles. The van der Waals surface area contributed by atoms with Gasteiger partial charge in [0.1, 0.15) is 23.4 Å². The van der Waals surface area contributed by atoms with E-state index in [0.717, 1.165) is 5.56 Å². The van der Waals surface area contributed by atoms with E-state index in [1.165, 1.54) is 0 Å². The van der Waals surface area contributed by atoms with Crippen molar-refractivity contribution in [2.24, 2.45) is 7.05 Å². The second-order valence-corrected chi connectivity index (χ2v) is 5.40. The van der Waals surface area contributed by atoms with Gasteiger partial charge in [-0.25, -0.2) is 4.98 Å². The van der Waals surface area contributed by atoms with Crippen LogP contribution >= 0.6 is 0 Å². The third-order valence-electron chi connectivity index (χ3n) is 3.68. The van der Waals surface area contributed by atoms with Gasteiger partial charge >= 0.3 is 0 Å². The SMILES string of the molecule is COc1cccc(C(NC(=O)c2cc(C)on2)c2nccn2C)c1. The summed E-state index contributed by atoms with van der Waals surface area (Å²) in [6.07, 6.45) is 3.52. The zero-order chi connectivity index (χ0) is 17.1. The predicted octanol–water partition coefficient (Wildman–Crippen LogP) is 2.24. The van der Waals surface area contributed by atoms with Gasteiger partial charge in [-0.2, -0.15) is 0 Å². The molecule has 7 nitrogen and oxygen atoms in total. The van der Waals surface area contributed by atoms with Crippen molar-refractivity contribution >= 4 is 5.91 Å². The lowest BCUT2D eigenvalue weighted by Crippen LogP contribution is -2.31. The first kappa shape index (κ1) is 15.8. The first-order chi connectivity index (χ1) is 11.6. The zero-order valence-electron chi connectivity index (χ0n) is 13.7. The van der Waals surface area contributed by atoms with Gasteiger partial charge < -0.3 is 19.1 Å². The Morgan fingerprint density at radius 2 is 2.21 bits per heavy atom. The molecule has 0 aliphatic rings. The minimum atomic E-state index is -0.440. The van der Waals surface area contributed by atoms with Gasteiger partial charge in [-0.1, -0.05) is 17.3 Å². The number of rotatable bonds is 5. The van der Waals surface area contributed by atoms with Gasteiger partial charge in [-0.3, -0.25) is 4.79 Å². The molecule has 0 radical (unpaired) electrons. The van der Waals surface area contributed by atoms with Gasteiger partial charge in [0.2, 0.25) is 0 Å². The van der Waals surface area contributed by atoms with E-state index >= 15 is 0 Å². The van der Waals surface area contributed by atoms with E-state index in [0.29, 0.717) is 17.3 Å². The zero-order valence-corrected chi connectivity index (χ0v) is 13.7. The van der Waals surface area contributed by atoms with E-state index in [2.05, 4.69) is 15.5 Å². The second-order valence-electron chi connectivity index (χ2n) is 5.40. The average molecular weight is 326 g/mol. The van der Waals surface area contributed by atoms with E-state index < -0.39 is 6.04 Å². The first-order valence-electron chi connectivity index (χ1n) is 7.44. The van der Waals surface area contributed by atoms with E-state index in [-0.39, 0.29) is 11.6 Å². The molecule has 0 bridgehead atoms. The fourth-order valence-electron chi connectivity index (χ4n) is 2.45. The predicted molar refractivity (Wildman–Crippen MR) is 86.8 cm³/mol. The Morgan fingerprint density at radius 1 is 1.38 bits per heavy atom. The molecule has 0 saturated heterocycles. The smallest absolute Gasteiger partial charge is 0.274 e. The summed E-state index contributed by atoms with van der Waals surface area (Å²) in [7, 11) is 3.48. The summed E-state index contributed by atoms with van der Waals surface area (Å²) in [5.41, 5.74) is 1.09. The molecule has 3 aromatic rings. The lowest BCUT2D eigenvalue weighted by molar-refractivity contribution is 0.0932. The monoisotopic (exact) mass is 326 g/mol. The fourth-order valence-corrected chi connectivity index (χ4v) is 2.45. The van der Waals surface area contributed by atoms with Crippen LogP contribution in [-0.4, -0.2) is 27.7 Å². The molecule has 0 fully saturated rings. The Balaban J connectivity index is 1.96. The number of imidazole rings is 1. The Kier molecular flexibility index (Phi) is 4.33. The maximum atomic E-state index is 12.5. The summed E-state index contributed by atoms with van der Waals surface area (Å²) in [6, 6.07) is 8.66. The van der Waals surface area contributed by atoms with Crippen LogP contribution in [0.4, 0.5) is 0 Å². The van der Waals surface area contributed by atoms with Crippen molar-refractivity contribution in [2.75, 3.05) is 7.11 Å². The minimum Gasteiger partial charge on any atom is -0.497 e. The van der Waals surface area contributed by atoms with Gasteiger partial charge in [0.25, 0.3) is 5.91 Å². The molecule has 1 atom stereocenters. The maximum absolute atomic E-state index is 12.5. The summed E-state index contributed by atoms with van der Waals surface area (Å²) < 4.78 is 12.1. The third kappa shape index (κ3) is 3.15. The van der Waals surface area contributed by atoms with Crippen LogP contribution in [0.3, 0.4) is 0 Å². The van der Waals surface area contributed by atoms with Crippen LogP contribution in [0, 0.1) is 6.92 Å². The van der Waals surface area contributed by atoms with Crippen molar-refractivity contribution in [3.05, 3.63) is 65.6 Å². The molecule has 1 aromatic carbocycles. The molecule has 0 aliphatic carbocycles. The summed E-state index contributed by atoms with van der Waals surface area (Å²) in [5.74, 6) is 1.66. The fraction of sp³-hybridized carbons (Fsp3) is 0.235. The molecule has 1 N–H and O–H groups in total. The van der Waals surface area contributed by atoms with Gasteiger partial charge in [0.15, 0.2) is 5.69 Å². The highest BCUT2D eigenvalue weighted by Gasteiger charge is 2.23. The van der Waals surface area contributed by atoms with Crippen LogP contribution in [0.15, 0.2) is 47.2 Å². The Bertz CT molecular complexity index is 853. The molecule has 0 aliphatic heterocycles. The number of amides is 1. The lowest BCUT2D eigenvalue weighted by atomic mass is 10.1. The number of ether oxygens (including phenoxy) is 1. The van der Waals surface area contributed by atoms with Crippen molar-refractivity contribution in [3.8, 4) is 5.75 Å². The number of aromatic nitrogens is 3. The topological polar surface area (TPSA) is 82.2 Å². The van der Waals surface area contributed by atoms with E-state index in [4.69, 9.17) is 9.26 Å². The van der Waals surface area contributed by atoms with Gasteiger partial charge in [-0.05, 0) is 24.6 Å². The summed E-state index contributed by atoms with van der Waals surface area (Å²) in [6.45, 7) is 1.74. The van der Waals surface area contributed by atoms with Crippen LogP contribution in [-0.2, 0) is 7.05 Å². The summed E-state index contributed by atoms with van der Waals surface area (Å²) in [4.78, 5) is 16.9. The number of nitrogens with zero attached hydrogens (tertiary/aromatic N) is 3. The van der Waals surface area contributed by atoms with E-state index in [1.807, 2.05) is 42.1 Å². The Hall–Kier alpha value is -3.09. The highest BCUT2D eigenvalue weighted by atomic mass is 16.5. The van der Waals surface area contributed by atoms with Crippen molar-refractivity contribution in [2.45, 2.75) is 13.0 Å². The third-order valence-corrected chi connectivity index (χ3v) is 3.68. The normalized spacial score (nSPS) is 12.0. The van der Waals surface area contributed by atoms with Crippen LogP contribution in [0.25, 0.3) is 0 Å². The second kappa shape index (κ2) is 6.57. The van der Waals surface area contributed by atoms with Gasteiger partial charge in [0, 0.05) is 25.5 Å². The molecule has 7 heteroatoms. The van der Waals surface area contributed by atoms with Crippen molar-refractivity contribution in [3.63, 3.8) is 0 Å². The molecule has 2 heterocycles. The van der Waals surface area contributed by atoms with Crippen molar-refractivity contribution in [1.29, 1.82) is 0 Å². The first-order valence-corrected chi connectivity index (χ1v) is 7.44. The Labute approximate surface area is 139 Å². The number of carbonyl (C=O) groups is 1. The number of benzene rings is 1. The quantitative estimate of drug-likeness (QED) is 0.777. The van der Waals surface area contributed by atoms with E-state index in [1.54, 1.807) is 26.3 Å². The van der Waals surface area contributed by atoms with E-state index in [9.17, 15) is 4.79 Å². The van der Waals surface area contributed by atoms with Crippen LogP contribution in [0.1, 0.15) is 33.7 Å². The minimum absolute atomic E-state index is 0.231. The molecule has 0 spiro atoms. The summed E-state index contributed by atoms with van der Waals surface area (Å²) >= 11 is 0. The van der Waals surface area contributed by atoms with Crippen LogP contribution < -0.4 is 10.1 Å². The number of hydrogen-bond acceptors (Lipinski definition) is 5. The lowest BCUT2D eigenvalue weighted by Gasteiger charge is -2.19. The maximum Gasteiger partial charge on any atom is 0.274 e. The van der Waals surface area contributed by atoms with Gasteiger partial charge in [-0.15, -0.1) is 0 Å². The van der Waals surface area contributed by atoms with Gasteiger partial charge in [0.05, 0.1) is 7.11 Å². The number of hydrogen-bond donors (Lipinski definition) is 1.